The molecule has 0 aliphatic heterocycles. The Hall–Kier alpha value is -1.88. The Morgan fingerprint density at radius 2 is 2.05 bits per heavy atom. The molecule has 3 rings (SSSR count). The predicted molar refractivity (Wildman–Crippen MR) is 79.2 cm³/mol. The van der Waals surface area contributed by atoms with Gasteiger partial charge in [-0.15, -0.1) is 21.8 Å². The highest BCUT2D eigenvalue weighted by atomic mass is 35.5. The summed E-state index contributed by atoms with van der Waals surface area (Å²) in [6, 6.07) is 7.49. The van der Waals surface area contributed by atoms with Crippen molar-refractivity contribution in [3.8, 4) is 0 Å². The normalized spacial score (nSPS) is 11.5. The fraction of sp³-hybridized carbons (Fsp3) is 0.357. The molecule has 104 valence electrons. The molecular weight excluding hydrogens is 276 g/mol. The number of nitrogens with zero attached hydrogens (tertiary/aromatic N) is 4. The van der Waals surface area contributed by atoms with Gasteiger partial charge in [0, 0.05) is 6.54 Å². The molecule has 0 saturated carbocycles. The number of hydrogen-bond donors (Lipinski definition) is 0. The summed E-state index contributed by atoms with van der Waals surface area (Å²) in [5.74, 6) is 1.48. The van der Waals surface area contributed by atoms with Crippen LogP contribution in [0.15, 0.2) is 29.1 Å². The highest BCUT2D eigenvalue weighted by molar-refractivity contribution is 6.16. The first kappa shape index (κ1) is 13.1. The molecular formula is C14H15ClN4O. The van der Waals surface area contributed by atoms with Crippen LogP contribution >= 0.6 is 11.6 Å². The zero-order chi connectivity index (χ0) is 14.1. The molecule has 2 aromatic heterocycles. The molecule has 0 bridgehead atoms. The number of unbranched alkanes of at least 4 members (excludes halogenated alkanes) is 1. The summed E-state index contributed by atoms with van der Waals surface area (Å²) in [4.78, 5) is 12.6. The maximum Gasteiger partial charge on any atom is 0.262 e. The van der Waals surface area contributed by atoms with Gasteiger partial charge in [0.05, 0.1) is 16.8 Å². The smallest absolute Gasteiger partial charge is 0.262 e. The van der Waals surface area contributed by atoms with E-state index in [0.29, 0.717) is 23.5 Å². The number of fused-ring (bicyclic) bond motifs is 3. The Morgan fingerprint density at radius 3 is 2.80 bits per heavy atom. The molecule has 0 radical (unpaired) electrons. The second-order valence-electron chi connectivity index (χ2n) is 4.71. The van der Waals surface area contributed by atoms with Crippen LogP contribution in [0.4, 0.5) is 0 Å². The van der Waals surface area contributed by atoms with E-state index in [0.717, 1.165) is 18.4 Å². The number of para-hydroxylation sites is 1. The number of benzene rings is 1. The Labute approximate surface area is 120 Å². The topological polar surface area (TPSA) is 52.2 Å². The van der Waals surface area contributed by atoms with Crippen molar-refractivity contribution in [1.29, 1.82) is 0 Å². The standard InChI is InChI=1S/C14H15ClN4O/c1-2-3-8-18-13(20)10-6-4-5-7-11(10)19-12(9-15)16-17-14(18)19/h4-7H,2-3,8-9H2,1H3. The largest absolute Gasteiger partial charge is 0.276 e. The molecule has 5 nitrogen and oxygen atoms in total. The number of alkyl halides is 1. The number of aryl methyl sites for hydroxylation is 1. The van der Waals surface area contributed by atoms with Crippen molar-refractivity contribution in [2.24, 2.45) is 0 Å². The van der Waals surface area contributed by atoms with Crippen molar-refractivity contribution < 1.29 is 0 Å². The van der Waals surface area contributed by atoms with Crippen LogP contribution in [0, 0.1) is 0 Å². The first-order chi connectivity index (χ1) is 9.77. The molecule has 20 heavy (non-hydrogen) atoms. The van der Waals surface area contributed by atoms with Gasteiger partial charge in [0.2, 0.25) is 5.78 Å². The number of rotatable bonds is 4. The van der Waals surface area contributed by atoms with Crippen molar-refractivity contribution in [3.63, 3.8) is 0 Å². The van der Waals surface area contributed by atoms with Crippen molar-refractivity contribution in [2.45, 2.75) is 32.2 Å². The van der Waals surface area contributed by atoms with Gasteiger partial charge >= 0.3 is 0 Å². The summed E-state index contributed by atoms with van der Waals surface area (Å²) >= 11 is 5.93. The fourth-order valence-corrected chi connectivity index (χ4v) is 2.59. The lowest BCUT2D eigenvalue weighted by molar-refractivity contribution is 0.621. The van der Waals surface area contributed by atoms with Crippen LogP contribution < -0.4 is 5.56 Å². The predicted octanol–water partition coefficient (Wildman–Crippen LogP) is 2.58. The van der Waals surface area contributed by atoms with Crippen LogP contribution in [0.1, 0.15) is 25.6 Å². The van der Waals surface area contributed by atoms with Crippen LogP contribution in [-0.2, 0) is 12.4 Å². The third-order valence-electron chi connectivity index (χ3n) is 3.43. The minimum Gasteiger partial charge on any atom is -0.276 e. The first-order valence-electron chi connectivity index (χ1n) is 6.69. The fourth-order valence-electron chi connectivity index (χ4n) is 2.42. The molecule has 6 heteroatoms. The monoisotopic (exact) mass is 290 g/mol. The van der Waals surface area contributed by atoms with E-state index < -0.39 is 0 Å². The van der Waals surface area contributed by atoms with E-state index in [2.05, 4.69) is 17.1 Å². The first-order valence-corrected chi connectivity index (χ1v) is 7.23. The van der Waals surface area contributed by atoms with Gasteiger partial charge in [0.1, 0.15) is 0 Å². The lowest BCUT2D eigenvalue weighted by atomic mass is 10.2. The van der Waals surface area contributed by atoms with Crippen LogP contribution in [0.25, 0.3) is 16.7 Å². The Morgan fingerprint density at radius 1 is 1.25 bits per heavy atom. The maximum absolute atomic E-state index is 12.6. The maximum atomic E-state index is 12.6. The second-order valence-corrected chi connectivity index (χ2v) is 4.98. The van der Waals surface area contributed by atoms with Crippen LogP contribution in [0.3, 0.4) is 0 Å². The molecule has 1 aromatic carbocycles. The van der Waals surface area contributed by atoms with Crippen molar-refractivity contribution in [1.82, 2.24) is 19.2 Å². The minimum absolute atomic E-state index is 0.0185. The molecule has 0 aliphatic rings. The van der Waals surface area contributed by atoms with Gasteiger partial charge in [-0.3, -0.25) is 13.8 Å². The number of aromatic nitrogens is 4. The zero-order valence-corrected chi connectivity index (χ0v) is 12.0. The Bertz CT molecular complexity index is 821. The van der Waals surface area contributed by atoms with E-state index in [1.54, 1.807) is 4.57 Å². The molecule has 0 N–H and O–H groups in total. The van der Waals surface area contributed by atoms with Crippen molar-refractivity contribution in [3.05, 3.63) is 40.4 Å². The summed E-state index contributed by atoms with van der Waals surface area (Å²) in [5.41, 5.74) is 0.788. The van der Waals surface area contributed by atoms with Gasteiger partial charge < -0.3 is 0 Å². The molecule has 0 amide bonds. The molecule has 0 atom stereocenters. The van der Waals surface area contributed by atoms with E-state index in [9.17, 15) is 4.79 Å². The SMILES string of the molecule is CCCCn1c(=O)c2ccccc2n2c(CCl)nnc12. The summed E-state index contributed by atoms with van der Waals surface area (Å²) in [5, 5.41) is 8.91. The Balaban J connectivity index is 2.44. The molecule has 0 unspecified atom stereocenters. The van der Waals surface area contributed by atoms with Crippen LogP contribution in [-0.4, -0.2) is 19.2 Å². The molecule has 0 spiro atoms. The lowest BCUT2D eigenvalue weighted by Gasteiger charge is -2.10. The number of hydrogen-bond acceptors (Lipinski definition) is 3. The highest BCUT2D eigenvalue weighted by Gasteiger charge is 2.15. The van der Waals surface area contributed by atoms with E-state index >= 15 is 0 Å². The average molecular weight is 291 g/mol. The molecule has 3 aromatic rings. The van der Waals surface area contributed by atoms with Gasteiger partial charge in [-0.1, -0.05) is 25.5 Å². The second kappa shape index (κ2) is 5.25. The van der Waals surface area contributed by atoms with E-state index in [1.807, 2.05) is 28.7 Å². The zero-order valence-electron chi connectivity index (χ0n) is 11.2. The third-order valence-corrected chi connectivity index (χ3v) is 3.67. The van der Waals surface area contributed by atoms with Crippen LogP contribution in [0.2, 0.25) is 0 Å². The minimum atomic E-state index is -0.0185. The Kier molecular flexibility index (Phi) is 3.44. The van der Waals surface area contributed by atoms with Crippen molar-refractivity contribution >= 4 is 28.3 Å². The third kappa shape index (κ3) is 1.89. The summed E-state index contributed by atoms with van der Waals surface area (Å²) in [6.07, 6.45) is 1.94. The van der Waals surface area contributed by atoms with E-state index in [4.69, 9.17) is 11.6 Å². The highest BCUT2D eigenvalue weighted by Crippen LogP contribution is 2.15. The lowest BCUT2D eigenvalue weighted by Crippen LogP contribution is -2.23. The van der Waals surface area contributed by atoms with Gasteiger partial charge in [-0.25, -0.2) is 0 Å². The van der Waals surface area contributed by atoms with Crippen molar-refractivity contribution in [2.75, 3.05) is 0 Å². The van der Waals surface area contributed by atoms with Gasteiger partial charge in [-0.2, -0.15) is 0 Å². The quantitative estimate of drug-likeness (QED) is 0.694. The molecule has 0 saturated heterocycles. The molecule has 2 heterocycles. The van der Waals surface area contributed by atoms with Gasteiger partial charge in [-0.05, 0) is 18.6 Å². The number of halogens is 1. The van der Waals surface area contributed by atoms with E-state index in [-0.39, 0.29) is 11.4 Å². The summed E-state index contributed by atoms with van der Waals surface area (Å²) in [7, 11) is 0. The summed E-state index contributed by atoms with van der Waals surface area (Å²) < 4.78 is 3.56. The van der Waals surface area contributed by atoms with E-state index in [1.165, 1.54) is 0 Å². The van der Waals surface area contributed by atoms with Crippen LogP contribution in [0.5, 0.6) is 0 Å². The van der Waals surface area contributed by atoms with Gasteiger partial charge in [0.15, 0.2) is 5.82 Å². The average Bonchev–Trinajstić information content (AvgIpc) is 2.91. The molecule has 0 aliphatic carbocycles. The summed E-state index contributed by atoms with van der Waals surface area (Å²) in [6.45, 7) is 2.74. The molecule has 0 fully saturated rings. The van der Waals surface area contributed by atoms with Gasteiger partial charge in [0.25, 0.3) is 5.56 Å².